The van der Waals surface area contributed by atoms with Crippen molar-refractivity contribution in [2.45, 2.75) is 18.9 Å². The Morgan fingerprint density at radius 1 is 1.11 bits per heavy atom. The molecule has 0 radical (unpaired) electrons. The third-order valence-corrected chi connectivity index (χ3v) is 6.54. The maximum Gasteiger partial charge on any atom is 0.339 e. The van der Waals surface area contributed by atoms with E-state index in [1.54, 1.807) is 31.4 Å². The molecule has 2 aromatic carbocycles. The Kier molecular flexibility index (Phi) is 8.22. The smallest absolute Gasteiger partial charge is 0.339 e. The van der Waals surface area contributed by atoms with Crippen molar-refractivity contribution >= 4 is 40.5 Å². The Bertz CT molecular complexity index is 1310. The molecular formula is C26H31N7O5. The van der Waals surface area contributed by atoms with Crippen LogP contribution in [0.15, 0.2) is 48.7 Å². The minimum Gasteiger partial charge on any atom is -0.494 e. The predicted octanol–water partition coefficient (Wildman–Crippen LogP) is 4.20. The molecule has 0 bridgehead atoms. The first-order valence-corrected chi connectivity index (χ1v) is 12.1. The quantitative estimate of drug-likeness (QED) is 0.238. The zero-order valence-corrected chi connectivity index (χ0v) is 21.8. The molecule has 0 spiro atoms. The van der Waals surface area contributed by atoms with Crippen molar-refractivity contribution in [1.29, 1.82) is 0 Å². The minimum absolute atomic E-state index is 0.0804. The van der Waals surface area contributed by atoms with Crippen LogP contribution in [-0.4, -0.2) is 73.2 Å². The number of para-hydroxylation sites is 1. The van der Waals surface area contributed by atoms with Gasteiger partial charge in [-0.3, -0.25) is 10.1 Å². The van der Waals surface area contributed by atoms with Crippen molar-refractivity contribution in [1.82, 2.24) is 14.9 Å². The summed E-state index contributed by atoms with van der Waals surface area (Å²) in [7, 11) is 7.07. The fourth-order valence-corrected chi connectivity index (χ4v) is 4.41. The lowest BCUT2D eigenvalue weighted by Crippen LogP contribution is -2.41. The summed E-state index contributed by atoms with van der Waals surface area (Å²) in [6.07, 6.45) is 3.27. The number of piperidine rings is 1. The van der Waals surface area contributed by atoms with Gasteiger partial charge in [-0.25, -0.2) is 9.78 Å². The maximum absolute atomic E-state index is 12.1. The number of hydrogen-bond acceptors (Lipinski definition) is 11. The van der Waals surface area contributed by atoms with E-state index in [1.807, 2.05) is 18.2 Å². The van der Waals surface area contributed by atoms with Crippen LogP contribution in [0.25, 0.3) is 0 Å². The second-order valence-corrected chi connectivity index (χ2v) is 9.04. The molecule has 1 aliphatic heterocycles. The molecule has 12 nitrogen and oxygen atoms in total. The van der Waals surface area contributed by atoms with E-state index in [4.69, 9.17) is 9.47 Å². The molecule has 200 valence electrons. The van der Waals surface area contributed by atoms with Crippen LogP contribution >= 0.6 is 0 Å². The standard InChI is InChI=1S/C26H31N7O5/c1-31(2)17-11-13-32(14-12-17)18-9-10-21(23(15-18)37-3)29-26-27-16-22(33(35)36)24(30-26)28-20-8-6-5-7-19(20)25(34)38-4/h5-10,15-17H,11-14H2,1-4H3,(H2,27,28,29,30). The van der Waals surface area contributed by atoms with E-state index < -0.39 is 10.9 Å². The third-order valence-electron chi connectivity index (χ3n) is 6.54. The number of benzene rings is 2. The van der Waals surface area contributed by atoms with Crippen molar-refractivity contribution in [2.24, 2.45) is 0 Å². The van der Waals surface area contributed by atoms with E-state index in [0.29, 0.717) is 23.2 Å². The fraction of sp³-hybridized carbons (Fsp3) is 0.346. The topological polar surface area (TPSA) is 135 Å². The summed E-state index contributed by atoms with van der Waals surface area (Å²) < 4.78 is 10.4. The molecule has 0 saturated carbocycles. The lowest BCUT2D eigenvalue weighted by molar-refractivity contribution is -0.384. The number of nitrogens with zero attached hydrogens (tertiary/aromatic N) is 5. The van der Waals surface area contributed by atoms with Gasteiger partial charge in [0.2, 0.25) is 11.8 Å². The van der Waals surface area contributed by atoms with Crippen LogP contribution in [0.5, 0.6) is 5.75 Å². The number of hydrogen-bond donors (Lipinski definition) is 2. The molecular weight excluding hydrogens is 490 g/mol. The van der Waals surface area contributed by atoms with Gasteiger partial charge < -0.3 is 29.9 Å². The number of nitrogens with one attached hydrogen (secondary N) is 2. The number of methoxy groups -OCH3 is 2. The predicted molar refractivity (Wildman–Crippen MR) is 145 cm³/mol. The fourth-order valence-electron chi connectivity index (χ4n) is 4.41. The number of carbonyl (C=O) groups excluding carboxylic acids is 1. The molecule has 2 N–H and O–H groups in total. The van der Waals surface area contributed by atoms with Gasteiger partial charge in [0.25, 0.3) is 0 Å². The third kappa shape index (κ3) is 5.92. The van der Waals surface area contributed by atoms with Crippen LogP contribution in [0.3, 0.4) is 0 Å². The van der Waals surface area contributed by atoms with E-state index >= 15 is 0 Å². The number of anilines is 5. The lowest BCUT2D eigenvalue weighted by atomic mass is 10.0. The number of nitro groups is 1. The minimum atomic E-state index is -0.596. The average molecular weight is 522 g/mol. The van der Waals surface area contributed by atoms with Gasteiger partial charge in [-0.15, -0.1) is 0 Å². The van der Waals surface area contributed by atoms with E-state index in [2.05, 4.69) is 44.5 Å². The van der Waals surface area contributed by atoms with Gasteiger partial charge in [0, 0.05) is 30.9 Å². The molecule has 1 saturated heterocycles. The Hall–Kier alpha value is -4.45. The molecule has 0 amide bonds. The van der Waals surface area contributed by atoms with Gasteiger partial charge in [0.05, 0.1) is 36.1 Å². The molecule has 12 heteroatoms. The van der Waals surface area contributed by atoms with Crippen molar-refractivity contribution < 1.29 is 19.2 Å². The van der Waals surface area contributed by atoms with E-state index in [-0.39, 0.29) is 23.0 Å². The molecule has 4 rings (SSSR count). The number of rotatable bonds is 9. The first-order chi connectivity index (χ1) is 18.3. The largest absolute Gasteiger partial charge is 0.494 e. The molecule has 3 aromatic rings. The molecule has 0 atom stereocenters. The summed E-state index contributed by atoms with van der Waals surface area (Å²) in [6, 6.07) is 12.9. The van der Waals surface area contributed by atoms with Crippen LogP contribution in [0.4, 0.5) is 34.5 Å². The summed E-state index contributed by atoms with van der Waals surface area (Å²) in [6.45, 7) is 1.90. The highest BCUT2D eigenvalue weighted by Gasteiger charge is 2.23. The highest BCUT2D eigenvalue weighted by molar-refractivity contribution is 5.96. The van der Waals surface area contributed by atoms with Gasteiger partial charge in [0.1, 0.15) is 11.9 Å². The van der Waals surface area contributed by atoms with Crippen molar-refractivity contribution in [3.8, 4) is 5.75 Å². The summed E-state index contributed by atoms with van der Waals surface area (Å²) in [4.78, 5) is 36.2. The molecule has 1 fully saturated rings. The van der Waals surface area contributed by atoms with Crippen LogP contribution in [0.1, 0.15) is 23.2 Å². The summed E-state index contributed by atoms with van der Waals surface area (Å²) in [5.41, 5.74) is 1.83. The van der Waals surface area contributed by atoms with Crippen LogP contribution in [0, 0.1) is 10.1 Å². The molecule has 1 aliphatic rings. The van der Waals surface area contributed by atoms with Gasteiger partial charge in [-0.1, -0.05) is 12.1 Å². The van der Waals surface area contributed by atoms with Crippen LogP contribution < -0.4 is 20.3 Å². The molecule has 0 aliphatic carbocycles. The van der Waals surface area contributed by atoms with Crippen LogP contribution in [-0.2, 0) is 4.74 Å². The number of esters is 1. The van der Waals surface area contributed by atoms with Gasteiger partial charge in [-0.05, 0) is 51.2 Å². The highest BCUT2D eigenvalue weighted by Crippen LogP contribution is 2.34. The Labute approximate surface area is 220 Å². The first kappa shape index (κ1) is 26.6. The molecule has 0 unspecified atom stereocenters. The Morgan fingerprint density at radius 3 is 2.50 bits per heavy atom. The second-order valence-electron chi connectivity index (χ2n) is 9.04. The van der Waals surface area contributed by atoms with Crippen molar-refractivity contribution in [2.75, 3.05) is 56.9 Å². The van der Waals surface area contributed by atoms with Crippen molar-refractivity contribution in [3.05, 3.63) is 64.3 Å². The van der Waals surface area contributed by atoms with E-state index in [1.165, 1.54) is 7.11 Å². The number of carbonyl (C=O) groups is 1. The van der Waals surface area contributed by atoms with Gasteiger partial charge >= 0.3 is 11.7 Å². The summed E-state index contributed by atoms with van der Waals surface area (Å²) in [5, 5.41) is 17.6. The van der Waals surface area contributed by atoms with E-state index in [9.17, 15) is 14.9 Å². The number of aromatic nitrogens is 2. The maximum atomic E-state index is 12.1. The normalized spacial score (nSPS) is 13.8. The molecule has 38 heavy (non-hydrogen) atoms. The first-order valence-electron chi connectivity index (χ1n) is 12.1. The molecule has 1 aromatic heterocycles. The van der Waals surface area contributed by atoms with E-state index in [0.717, 1.165) is 37.8 Å². The average Bonchev–Trinajstić information content (AvgIpc) is 2.93. The van der Waals surface area contributed by atoms with Crippen molar-refractivity contribution in [3.63, 3.8) is 0 Å². The Morgan fingerprint density at radius 2 is 1.84 bits per heavy atom. The lowest BCUT2D eigenvalue weighted by Gasteiger charge is -2.36. The molecule has 2 heterocycles. The van der Waals surface area contributed by atoms with Crippen LogP contribution in [0.2, 0.25) is 0 Å². The monoisotopic (exact) mass is 521 g/mol. The second kappa shape index (κ2) is 11.7. The summed E-state index contributed by atoms with van der Waals surface area (Å²) >= 11 is 0. The zero-order valence-electron chi connectivity index (χ0n) is 21.8. The van der Waals surface area contributed by atoms with Gasteiger partial charge in [0.15, 0.2) is 0 Å². The number of ether oxygens (including phenoxy) is 2. The highest BCUT2D eigenvalue weighted by atomic mass is 16.6. The zero-order chi connectivity index (χ0) is 27.2. The Balaban J connectivity index is 1.58. The summed E-state index contributed by atoms with van der Waals surface area (Å²) in [5.74, 6) is 0.0401. The SMILES string of the molecule is COC(=O)c1ccccc1Nc1nc(Nc2ccc(N3CCC(N(C)C)CC3)cc2OC)ncc1[N+](=O)[O-]. The van der Waals surface area contributed by atoms with Gasteiger partial charge in [-0.2, -0.15) is 4.98 Å².